The Morgan fingerprint density at radius 3 is 2.04 bits per heavy atom. The average molecular weight is 342 g/mol. The number of aryl methyl sites for hydroxylation is 1. The van der Waals surface area contributed by atoms with Crippen LogP contribution in [-0.2, 0) is 9.53 Å². The van der Waals surface area contributed by atoms with E-state index in [4.69, 9.17) is 14.2 Å². The number of esters is 1. The highest BCUT2D eigenvalue weighted by Crippen LogP contribution is 2.28. The first-order chi connectivity index (χ1) is 11.5. The topological polar surface area (TPSA) is 44.8 Å². The zero-order valence-corrected chi connectivity index (χ0v) is 15.8. The maximum absolute atomic E-state index is 12.3. The SMILES string of the molecule is Cc1ccc(Oc2cccc(OC(C)(C)C(=O)OC(C)(C)C)c2)cc1. The Bertz CT molecular complexity index is 724. The first-order valence-corrected chi connectivity index (χ1v) is 8.32. The summed E-state index contributed by atoms with van der Waals surface area (Å²) in [6.07, 6.45) is 0. The summed E-state index contributed by atoms with van der Waals surface area (Å²) < 4.78 is 17.1. The van der Waals surface area contributed by atoms with Crippen molar-refractivity contribution in [3.05, 3.63) is 54.1 Å². The van der Waals surface area contributed by atoms with Gasteiger partial charge in [0, 0.05) is 6.07 Å². The molecule has 0 aliphatic carbocycles. The lowest BCUT2D eigenvalue weighted by atomic mass is 10.1. The van der Waals surface area contributed by atoms with Crippen molar-refractivity contribution < 1.29 is 19.0 Å². The van der Waals surface area contributed by atoms with Crippen LogP contribution in [0, 0.1) is 6.92 Å². The molecule has 0 saturated heterocycles. The molecule has 0 radical (unpaired) electrons. The molecular weight excluding hydrogens is 316 g/mol. The Balaban J connectivity index is 2.10. The Hall–Kier alpha value is -2.49. The molecule has 2 aromatic rings. The standard InChI is InChI=1S/C21H26O4/c1-15-10-12-16(13-11-15)23-17-8-7-9-18(14-17)24-21(5,6)19(22)25-20(2,3)4/h7-14H,1-6H3. The highest BCUT2D eigenvalue weighted by Gasteiger charge is 2.34. The van der Waals surface area contributed by atoms with Crippen molar-refractivity contribution >= 4 is 5.97 Å². The second kappa shape index (κ2) is 7.18. The van der Waals surface area contributed by atoms with Gasteiger partial charge in [0.2, 0.25) is 0 Å². The lowest BCUT2D eigenvalue weighted by Crippen LogP contribution is -2.43. The molecule has 0 unspecified atom stereocenters. The number of carbonyl (C=O) groups is 1. The van der Waals surface area contributed by atoms with Gasteiger partial charge in [0.25, 0.3) is 0 Å². The Morgan fingerprint density at radius 2 is 1.44 bits per heavy atom. The van der Waals surface area contributed by atoms with Gasteiger partial charge in [-0.05, 0) is 65.8 Å². The first-order valence-electron chi connectivity index (χ1n) is 8.32. The summed E-state index contributed by atoms with van der Waals surface area (Å²) in [7, 11) is 0. The summed E-state index contributed by atoms with van der Waals surface area (Å²) in [5.41, 5.74) is -0.493. The maximum atomic E-state index is 12.3. The predicted octanol–water partition coefficient (Wildman–Crippen LogP) is 5.29. The van der Waals surface area contributed by atoms with Gasteiger partial charge in [-0.3, -0.25) is 0 Å². The van der Waals surface area contributed by atoms with Crippen LogP contribution in [0.3, 0.4) is 0 Å². The van der Waals surface area contributed by atoms with Crippen molar-refractivity contribution in [1.29, 1.82) is 0 Å². The lowest BCUT2D eigenvalue weighted by molar-refractivity contribution is -0.170. The highest BCUT2D eigenvalue weighted by molar-refractivity contribution is 5.79. The predicted molar refractivity (Wildman–Crippen MR) is 98.2 cm³/mol. The van der Waals surface area contributed by atoms with Crippen LogP contribution >= 0.6 is 0 Å². The molecule has 2 aromatic carbocycles. The second-order valence-electron chi connectivity index (χ2n) is 7.50. The van der Waals surface area contributed by atoms with Crippen molar-refractivity contribution in [2.75, 3.05) is 0 Å². The van der Waals surface area contributed by atoms with Crippen LogP contribution in [-0.4, -0.2) is 17.2 Å². The fourth-order valence-corrected chi connectivity index (χ4v) is 2.08. The quantitative estimate of drug-likeness (QED) is 0.693. The number of rotatable bonds is 5. The summed E-state index contributed by atoms with van der Waals surface area (Å²) in [6, 6.07) is 15.0. The smallest absolute Gasteiger partial charge is 0.350 e. The first kappa shape index (κ1) is 18.8. The molecule has 2 rings (SSSR count). The molecule has 0 aliphatic rings. The number of hydrogen-bond acceptors (Lipinski definition) is 4. The Labute approximate surface area is 149 Å². The van der Waals surface area contributed by atoms with Crippen molar-refractivity contribution in [3.63, 3.8) is 0 Å². The van der Waals surface area contributed by atoms with E-state index < -0.39 is 17.2 Å². The van der Waals surface area contributed by atoms with Crippen molar-refractivity contribution in [2.45, 2.75) is 52.7 Å². The second-order valence-corrected chi connectivity index (χ2v) is 7.50. The van der Waals surface area contributed by atoms with Crippen molar-refractivity contribution in [2.24, 2.45) is 0 Å². The van der Waals surface area contributed by atoms with Crippen LogP contribution in [0.1, 0.15) is 40.2 Å². The summed E-state index contributed by atoms with van der Waals surface area (Å²) in [5.74, 6) is 1.51. The summed E-state index contributed by atoms with van der Waals surface area (Å²) in [4.78, 5) is 12.3. The lowest BCUT2D eigenvalue weighted by Gasteiger charge is -2.29. The van der Waals surface area contributed by atoms with Crippen LogP contribution in [0.2, 0.25) is 0 Å². The van der Waals surface area contributed by atoms with Crippen LogP contribution in [0.5, 0.6) is 17.2 Å². The van der Waals surface area contributed by atoms with Gasteiger partial charge in [-0.15, -0.1) is 0 Å². The maximum Gasteiger partial charge on any atom is 0.350 e. The molecule has 4 nitrogen and oxygen atoms in total. The van der Waals surface area contributed by atoms with E-state index in [0.717, 1.165) is 5.75 Å². The molecule has 0 heterocycles. The Morgan fingerprint density at radius 1 is 0.840 bits per heavy atom. The largest absolute Gasteiger partial charge is 0.476 e. The molecule has 0 aromatic heterocycles. The molecular formula is C21H26O4. The van der Waals surface area contributed by atoms with Gasteiger partial charge in [-0.25, -0.2) is 4.79 Å². The zero-order chi connectivity index (χ0) is 18.7. The number of ether oxygens (including phenoxy) is 3. The molecule has 134 valence electrons. The molecule has 0 spiro atoms. The van der Waals surface area contributed by atoms with Gasteiger partial charge >= 0.3 is 5.97 Å². The minimum Gasteiger partial charge on any atom is -0.476 e. The molecule has 0 amide bonds. The van der Waals surface area contributed by atoms with E-state index in [1.165, 1.54) is 5.56 Å². The monoisotopic (exact) mass is 342 g/mol. The van der Waals surface area contributed by atoms with Crippen LogP contribution in [0.25, 0.3) is 0 Å². The summed E-state index contributed by atoms with van der Waals surface area (Å²) in [6.45, 7) is 10.9. The normalized spacial score (nSPS) is 11.8. The molecule has 0 fully saturated rings. The van der Waals surface area contributed by atoms with Crippen molar-refractivity contribution in [3.8, 4) is 17.2 Å². The van der Waals surface area contributed by atoms with E-state index >= 15 is 0 Å². The molecule has 25 heavy (non-hydrogen) atoms. The molecule has 0 N–H and O–H groups in total. The van der Waals surface area contributed by atoms with Gasteiger partial charge in [0.05, 0.1) is 0 Å². The van der Waals surface area contributed by atoms with Gasteiger partial charge < -0.3 is 14.2 Å². The third-order valence-electron chi connectivity index (χ3n) is 3.33. The summed E-state index contributed by atoms with van der Waals surface area (Å²) in [5, 5.41) is 0. The van der Waals surface area contributed by atoms with E-state index in [2.05, 4.69) is 0 Å². The van der Waals surface area contributed by atoms with Gasteiger partial charge in [0.15, 0.2) is 5.60 Å². The molecule has 0 saturated carbocycles. The fraction of sp³-hybridized carbons (Fsp3) is 0.381. The van der Waals surface area contributed by atoms with E-state index in [-0.39, 0.29) is 0 Å². The fourth-order valence-electron chi connectivity index (χ4n) is 2.08. The minimum absolute atomic E-state index is 0.412. The van der Waals surface area contributed by atoms with Crippen molar-refractivity contribution in [1.82, 2.24) is 0 Å². The van der Waals surface area contributed by atoms with Gasteiger partial charge in [-0.2, -0.15) is 0 Å². The average Bonchev–Trinajstić information content (AvgIpc) is 2.48. The third kappa shape index (κ3) is 5.82. The van der Waals surface area contributed by atoms with Gasteiger partial charge in [0.1, 0.15) is 22.8 Å². The van der Waals surface area contributed by atoms with E-state index in [0.29, 0.717) is 11.5 Å². The molecule has 0 aliphatic heterocycles. The minimum atomic E-state index is -1.10. The zero-order valence-electron chi connectivity index (χ0n) is 15.8. The number of carbonyl (C=O) groups excluding carboxylic acids is 1. The Kier molecular flexibility index (Phi) is 5.41. The number of benzene rings is 2. The van der Waals surface area contributed by atoms with Crippen LogP contribution < -0.4 is 9.47 Å². The highest BCUT2D eigenvalue weighted by atomic mass is 16.6. The van der Waals surface area contributed by atoms with Gasteiger partial charge in [-0.1, -0.05) is 23.8 Å². The molecule has 4 heteroatoms. The van der Waals surface area contributed by atoms with Crippen LogP contribution in [0.4, 0.5) is 0 Å². The third-order valence-corrected chi connectivity index (χ3v) is 3.33. The molecule has 0 bridgehead atoms. The van der Waals surface area contributed by atoms with E-state index in [1.54, 1.807) is 26.0 Å². The van der Waals surface area contributed by atoms with E-state index in [1.807, 2.05) is 64.1 Å². The molecule has 0 atom stereocenters. The summed E-state index contributed by atoms with van der Waals surface area (Å²) >= 11 is 0. The van der Waals surface area contributed by atoms with E-state index in [9.17, 15) is 4.79 Å². The van der Waals surface area contributed by atoms with Crippen LogP contribution in [0.15, 0.2) is 48.5 Å². The number of hydrogen-bond donors (Lipinski definition) is 0.